The monoisotopic (exact) mass is 326 g/mol. The topological polar surface area (TPSA) is 0 Å². The third-order valence-electron chi connectivity index (χ3n) is 6.70. The quantitative estimate of drug-likeness (QED) is 0.475. The molecule has 0 spiro atoms. The summed E-state index contributed by atoms with van der Waals surface area (Å²) in [6.07, 6.45) is 8.49. The van der Waals surface area contributed by atoms with Gasteiger partial charge < -0.3 is 0 Å². The van der Waals surface area contributed by atoms with Gasteiger partial charge in [0.15, 0.2) is 0 Å². The van der Waals surface area contributed by atoms with Crippen LogP contribution in [0.4, 0.5) is 0 Å². The molecule has 0 aromatic rings. The SMILES string of the molecule is CC(C)(C)C(C)(C)C.CCC(C)(C)CC.C[C@@H]1CCCC[C@@H]1C. The first-order chi connectivity index (χ1) is 10.2. The average Bonchev–Trinajstić information content (AvgIpc) is 2.41. The van der Waals surface area contributed by atoms with Crippen LogP contribution in [0.25, 0.3) is 0 Å². The molecule has 0 radical (unpaired) electrons. The van der Waals surface area contributed by atoms with Crippen LogP contribution in [0, 0.1) is 28.1 Å². The van der Waals surface area contributed by atoms with Gasteiger partial charge in [0.2, 0.25) is 0 Å². The third-order valence-corrected chi connectivity index (χ3v) is 6.70. The first-order valence-corrected chi connectivity index (χ1v) is 10.2. The van der Waals surface area contributed by atoms with Crippen LogP contribution in [0.15, 0.2) is 0 Å². The summed E-state index contributed by atoms with van der Waals surface area (Å²) in [4.78, 5) is 0. The number of hydrogen-bond acceptors (Lipinski definition) is 0. The Bertz CT molecular complexity index is 243. The lowest BCUT2D eigenvalue weighted by atomic mass is 9.71. The van der Waals surface area contributed by atoms with E-state index in [2.05, 4.69) is 83.1 Å². The van der Waals surface area contributed by atoms with Crippen LogP contribution >= 0.6 is 0 Å². The van der Waals surface area contributed by atoms with Crippen molar-refractivity contribution in [3.05, 3.63) is 0 Å². The molecule has 1 aliphatic carbocycles. The molecule has 1 saturated carbocycles. The second kappa shape index (κ2) is 10.8. The molecule has 0 nitrogen and oxygen atoms in total. The largest absolute Gasteiger partial charge is 0.0649 e. The molecule has 1 fully saturated rings. The minimum absolute atomic E-state index is 0.437. The maximum absolute atomic E-state index is 2.38. The summed E-state index contributed by atoms with van der Waals surface area (Å²) in [7, 11) is 0. The third kappa shape index (κ3) is 13.0. The summed E-state index contributed by atoms with van der Waals surface area (Å²) in [5.74, 6) is 2.01. The van der Waals surface area contributed by atoms with Crippen molar-refractivity contribution in [2.45, 2.75) is 122 Å². The fraction of sp³-hybridized carbons (Fsp3) is 1.00. The van der Waals surface area contributed by atoms with Crippen molar-refractivity contribution in [1.82, 2.24) is 0 Å². The van der Waals surface area contributed by atoms with Crippen molar-refractivity contribution in [1.29, 1.82) is 0 Å². The summed E-state index contributed by atoms with van der Waals surface area (Å²) < 4.78 is 0. The van der Waals surface area contributed by atoms with Gasteiger partial charge in [0.1, 0.15) is 0 Å². The molecule has 2 atom stereocenters. The van der Waals surface area contributed by atoms with E-state index in [-0.39, 0.29) is 0 Å². The summed E-state index contributed by atoms with van der Waals surface area (Å²) in [6, 6.07) is 0. The molecule has 0 bridgehead atoms. The van der Waals surface area contributed by atoms with Crippen LogP contribution in [-0.2, 0) is 0 Å². The van der Waals surface area contributed by atoms with Gasteiger partial charge >= 0.3 is 0 Å². The molecular weight excluding hydrogens is 276 g/mol. The van der Waals surface area contributed by atoms with E-state index >= 15 is 0 Å². The lowest BCUT2D eigenvalue weighted by molar-refractivity contribution is 0.157. The first-order valence-electron chi connectivity index (χ1n) is 10.2. The minimum atomic E-state index is 0.437. The second-order valence-electron chi connectivity index (χ2n) is 10.6. The normalized spacial score (nSPS) is 22.4. The van der Waals surface area contributed by atoms with Gasteiger partial charge in [0.25, 0.3) is 0 Å². The highest BCUT2D eigenvalue weighted by atomic mass is 14.3. The standard InChI is InChI=1S/C8H16.C8H18.C7H16/c1-7-5-3-4-6-8(7)2;1-7(2,3)8(4,5)6;1-5-7(3,4)6-2/h7-8H,3-6H2,1-2H3;1-6H3;5-6H2,1-4H3/t7-,8+;;. The van der Waals surface area contributed by atoms with E-state index < -0.39 is 0 Å². The van der Waals surface area contributed by atoms with Crippen molar-refractivity contribution in [3.8, 4) is 0 Å². The van der Waals surface area contributed by atoms with Crippen molar-refractivity contribution >= 4 is 0 Å². The second-order valence-corrected chi connectivity index (χ2v) is 10.6. The van der Waals surface area contributed by atoms with Gasteiger partial charge in [0, 0.05) is 0 Å². The maximum atomic E-state index is 2.38. The van der Waals surface area contributed by atoms with Crippen molar-refractivity contribution in [3.63, 3.8) is 0 Å². The van der Waals surface area contributed by atoms with Crippen LogP contribution in [0.2, 0.25) is 0 Å². The van der Waals surface area contributed by atoms with E-state index in [1.165, 1.54) is 38.5 Å². The lowest BCUT2D eigenvalue weighted by Crippen LogP contribution is -2.25. The van der Waals surface area contributed by atoms with E-state index in [0.29, 0.717) is 16.2 Å². The summed E-state index contributed by atoms with van der Waals surface area (Å²) >= 11 is 0. The molecule has 0 aromatic carbocycles. The molecular formula is C23H50. The lowest BCUT2D eigenvalue weighted by Gasteiger charge is -2.34. The Hall–Kier alpha value is 0. The molecule has 0 aliphatic heterocycles. The maximum Gasteiger partial charge on any atom is -0.0334 e. The Balaban J connectivity index is 0. The zero-order valence-electron chi connectivity index (χ0n) is 18.9. The molecule has 0 heteroatoms. The zero-order chi connectivity index (χ0) is 18.9. The predicted molar refractivity (Wildman–Crippen MR) is 110 cm³/mol. The van der Waals surface area contributed by atoms with Crippen LogP contribution in [0.5, 0.6) is 0 Å². The Labute approximate surface area is 150 Å². The van der Waals surface area contributed by atoms with E-state index in [1.807, 2.05) is 0 Å². The van der Waals surface area contributed by atoms with E-state index in [9.17, 15) is 0 Å². The highest BCUT2D eigenvalue weighted by molar-refractivity contribution is 4.77. The van der Waals surface area contributed by atoms with Crippen LogP contribution in [0.1, 0.15) is 122 Å². The van der Waals surface area contributed by atoms with Gasteiger partial charge in [-0.25, -0.2) is 0 Å². The molecule has 0 heterocycles. The summed E-state index contributed by atoms with van der Waals surface area (Å²) in [6.45, 7) is 27.5. The molecule has 23 heavy (non-hydrogen) atoms. The number of rotatable bonds is 2. The fourth-order valence-electron chi connectivity index (χ4n) is 1.75. The van der Waals surface area contributed by atoms with Gasteiger partial charge in [-0.15, -0.1) is 0 Å². The molecule has 0 amide bonds. The highest BCUT2D eigenvalue weighted by Gasteiger charge is 2.26. The Morgan fingerprint density at radius 2 is 0.870 bits per heavy atom. The van der Waals surface area contributed by atoms with E-state index in [1.54, 1.807) is 0 Å². The Morgan fingerprint density at radius 1 is 0.609 bits per heavy atom. The predicted octanol–water partition coefficient (Wildman–Crippen LogP) is 8.74. The van der Waals surface area contributed by atoms with E-state index in [4.69, 9.17) is 0 Å². The van der Waals surface area contributed by atoms with Gasteiger partial charge in [-0.3, -0.25) is 0 Å². The number of hydrogen-bond donors (Lipinski definition) is 0. The average molecular weight is 327 g/mol. The molecule has 0 unspecified atom stereocenters. The molecule has 0 saturated heterocycles. The first kappa shape index (κ1) is 25.2. The van der Waals surface area contributed by atoms with Gasteiger partial charge in [-0.2, -0.15) is 0 Å². The summed E-state index contributed by atoms with van der Waals surface area (Å²) in [5, 5.41) is 0. The molecule has 142 valence electrons. The molecule has 1 rings (SSSR count). The van der Waals surface area contributed by atoms with Gasteiger partial charge in [-0.05, 0) is 28.1 Å². The zero-order valence-corrected chi connectivity index (χ0v) is 18.9. The van der Waals surface area contributed by atoms with Crippen LogP contribution in [0.3, 0.4) is 0 Å². The van der Waals surface area contributed by atoms with Crippen molar-refractivity contribution in [2.75, 3.05) is 0 Å². The fourth-order valence-corrected chi connectivity index (χ4v) is 1.75. The molecule has 0 aromatic heterocycles. The van der Waals surface area contributed by atoms with Crippen LogP contribution < -0.4 is 0 Å². The summed E-state index contributed by atoms with van der Waals surface area (Å²) in [5.41, 5.74) is 1.46. The van der Waals surface area contributed by atoms with E-state index in [0.717, 1.165) is 11.8 Å². The smallest absolute Gasteiger partial charge is 0.0334 e. The van der Waals surface area contributed by atoms with Gasteiger partial charge in [-0.1, -0.05) is 122 Å². The Morgan fingerprint density at radius 3 is 0.957 bits per heavy atom. The van der Waals surface area contributed by atoms with Crippen molar-refractivity contribution < 1.29 is 0 Å². The van der Waals surface area contributed by atoms with Crippen LogP contribution in [-0.4, -0.2) is 0 Å². The molecule has 0 N–H and O–H groups in total. The molecule has 1 aliphatic rings. The minimum Gasteiger partial charge on any atom is -0.0649 e. The Kier molecular flexibility index (Phi) is 11.8. The highest BCUT2D eigenvalue weighted by Crippen LogP contribution is 2.36. The van der Waals surface area contributed by atoms with Gasteiger partial charge in [0.05, 0.1) is 0 Å². The van der Waals surface area contributed by atoms with Crippen molar-refractivity contribution in [2.24, 2.45) is 28.1 Å².